The number of methoxy groups -OCH3 is 1. The molecule has 4 nitrogen and oxygen atoms in total. The van der Waals surface area contributed by atoms with Crippen LogP contribution < -0.4 is 10.1 Å². The van der Waals surface area contributed by atoms with Crippen LogP contribution in [0.4, 0.5) is 5.69 Å². The van der Waals surface area contributed by atoms with Gasteiger partial charge in [0.15, 0.2) is 0 Å². The van der Waals surface area contributed by atoms with Gasteiger partial charge in [0, 0.05) is 24.7 Å². The third-order valence-electron chi connectivity index (χ3n) is 4.69. The third kappa shape index (κ3) is 5.11. The van der Waals surface area contributed by atoms with E-state index in [1.807, 2.05) is 68.5 Å². The lowest BCUT2D eigenvalue weighted by Gasteiger charge is -2.17. The molecule has 0 aliphatic rings. The number of nitrogens with zero attached hydrogens (tertiary/aromatic N) is 2. The molecular weight excluding hydrogens is 358 g/mol. The van der Waals surface area contributed by atoms with Crippen molar-refractivity contribution >= 4 is 18.2 Å². The van der Waals surface area contributed by atoms with Gasteiger partial charge in [-0.1, -0.05) is 55.1 Å². The zero-order valence-electron chi connectivity index (χ0n) is 17.7. The Morgan fingerprint density at radius 1 is 1.17 bits per heavy atom. The molecule has 0 aromatic heterocycles. The highest BCUT2D eigenvalue weighted by atomic mass is 16.5. The lowest BCUT2D eigenvalue weighted by atomic mass is 9.95. The predicted molar refractivity (Wildman–Crippen MR) is 126 cm³/mol. The summed E-state index contributed by atoms with van der Waals surface area (Å²) < 4.78 is 5.53. The first-order valence-electron chi connectivity index (χ1n) is 9.50. The number of benzene rings is 2. The van der Waals surface area contributed by atoms with Crippen molar-refractivity contribution in [2.24, 2.45) is 9.98 Å². The van der Waals surface area contributed by atoms with Crippen LogP contribution in [0.2, 0.25) is 0 Å². The first-order valence-corrected chi connectivity index (χ1v) is 9.50. The molecule has 0 aliphatic heterocycles. The summed E-state index contributed by atoms with van der Waals surface area (Å²) in [6, 6.07) is 12.1. The first kappa shape index (κ1) is 21.9. The number of amidine groups is 1. The van der Waals surface area contributed by atoms with Crippen molar-refractivity contribution in [2.45, 2.75) is 13.8 Å². The smallest absolute Gasteiger partial charge is 0.130 e. The highest BCUT2D eigenvalue weighted by Gasteiger charge is 2.16. The monoisotopic (exact) mass is 387 g/mol. The van der Waals surface area contributed by atoms with Crippen molar-refractivity contribution in [3.8, 4) is 16.9 Å². The molecule has 0 saturated heterocycles. The molecular formula is C25H29N3O. The first-order chi connectivity index (χ1) is 14.1. The average Bonchev–Trinajstić information content (AvgIpc) is 2.76. The van der Waals surface area contributed by atoms with E-state index in [4.69, 9.17) is 4.74 Å². The predicted octanol–water partition coefficient (Wildman–Crippen LogP) is 5.66. The molecule has 4 heteroatoms. The maximum atomic E-state index is 5.53. The van der Waals surface area contributed by atoms with Crippen LogP contribution in [0.25, 0.3) is 11.1 Å². The zero-order valence-corrected chi connectivity index (χ0v) is 17.7. The molecule has 0 heterocycles. The van der Waals surface area contributed by atoms with Gasteiger partial charge in [0.1, 0.15) is 11.6 Å². The highest BCUT2D eigenvalue weighted by Crippen LogP contribution is 2.37. The number of para-hydroxylation sites is 1. The van der Waals surface area contributed by atoms with E-state index in [0.29, 0.717) is 6.54 Å². The van der Waals surface area contributed by atoms with Crippen LogP contribution in [-0.2, 0) is 0 Å². The van der Waals surface area contributed by atoms with E-state index in [1.54, 1.807) is 14.2 Å². The van der Waals surface area contributed by atoms with E-state index in [2.05, 4.69) is 34.7 Å². The van der Waals surface area contributed by atoms with E-state index in [-0.39, 0.29) is 0 Å². The average molecular weight is 388 g/mol. The molecule has 0 fully saturated rings. The van der Waals surface area contributed by atoms with E-state index in [1.165, 1.54) is 0 Å². The Morgan fingerprint density at radius 2 is 1.93 bits per heavy atom. The van der Waals surface area contributed by atoms with Gasteiger partial charge in [-0.25, -0.2) is 0 Å². The van der Waals surface area contributed by atoms with Crippen LogP contribution in [0.3, 0.4) is 0 Å². The minimum Gasteiger partial charge on any atom is -0.496 e. The second-order valence-electron chi connectivity index (χ2n) is 6.39. The van der Waals surface area contributed by atoms with Crippen molar-refractivity contribution in [1.82, 2.24) is 5.32 Å². The van der Waals surface area contributed by atoms with Gasteiger partial charge in [-0.3, -0.25) is 9.98 Å². The highest BCUT2D eigenvalue weighted by molar-refractivity contribution is 6.05. The van der Waals surface area contributed by atoms with Crippen molar-refractivity contribution in [3.63, 3.8) is 0 Å². The molecule has 0 unspecified atom stereocenters. The Kier molecular flexibility index (Phi) is 8.16. The molecule has 150 valence electrons. The Labute approximate surface area is 174 Å². The summed E-state index contributed by atoms with van der Waals surface area (Å²) in [6.07, 6.45) is 7.83. The summed E-state index contributed by atoms with van der Waals surface area (Å²) >= 11 is 0. The topological polar surface area (TPSA) is 46.0 Å². The second-order valence-corrected chi connectivity index (χ2v) is 6.39. The molecule has 0 atom stereocenters. The van der Waals surface area contributed by atoms with Crippen molar-refractivity contribution in [2.75, 3.05) is 20.7 Å². The quantitative estimate of drug-likeness (QED) is 0.361. The van der Waals surface area contributed by atoms with E-state index < -0.39 is 0 Å². The third-order valence-corrected chi connectivity index (χ3v) is 4.69. The Bertz CT molecular complexity index is 968. The summed E-state index contributed by atoms with van der Waals surface area (Å²) in [5.74, 6) is 1.58. The number of hydrogen-bond donors (Lipinski definition) is 1. The van der Waals surface area contributed by atoms with E-state index >= 15 is 0 Å². The second kappa shape index (κ2) is 10.8. The van der Waals surface area contributed by atoms with E-state index in [0.717, 1.165) is 45.1 Å². The molecule has 2 aromatic carbocycles. The van der Waals surface area contributed by atoms with Gasteiger partial charge in [-0.05, 0) is 49.4 Å². The van der Waals surface area contributed by atoms with Gasteiger partial charge in [-0.2, -0.15) is 0 Å². The molecule has 2 rings (SSSR count). The minimum absolute atomic E-state index is 0.615. The summed E-state index contributed by atoms with van der Waals surface area (Å²) in [6.45, 7) is 12.3. The molecule has 0 saturated carbocycles. The normalized spacial score (nSPS) is 12.1. The van der Waals surface area contributed by atoms with Crippen molar-refractivity contribution in [1.29, 1.82) is 0 Å². The molecule has 0 spiro atoms. The fourth-order valence-electron chi connectivity index (χ4n) is 3.15. The fourth-order valence-corrected chi connectivity index (χ4v) is 3.15. The number of hydrogen-bond acceptors (Lipinski definition) is 3. The number of ether oxygens (including phenoxy) is 1. The van der Waals surface area contributed by atoms with Crippen molar-refractivity contribution in [3.05, 3.63) is 84.0 Å². The Morgan fingerprint density at radius 3 is 2.55 bits per heavy atom. The zero-order chi connectivity index (χ0) is 21.2. The van der Waals surface area contributed by atoms with Crippen LogP contribution in [0.1, 0.15) is 18.1 Å². The minimum atomic E-state index is 0.615. The fraction of sp³-hybridized carbons (Fsp3) is 0.200. The molecule has 0 bridgehead atoms. The van der Waals surface area contributed by atoms with Gasteiger partial charge < -0.3 is 10.1 Å². The van der Waals surface area contributed by atoms with Gasteiger partial charge in [0.2, 0.25) is 0 Å². The van der Waals surface area contributed by atoms with E-state index in [9.17, 15) is 0 Å². The summed E-state index contributed by atoms with van der Waals surface area (Å²) in [5, 5.41) is 3.39. The number of nitrogens with one attached hydrogen (secondary N) is 1. The molecule has 2 aromatic rings. The van der Waals surface area contributed by atoms with Gasteiger partial charge in [0.05, 0.1) is 12.8 Å². The summed E-state index contributed by atoms with van der Waals surface area (Å²) in [5.41, 5.74) is 5.89. The maximum Gasteiger partial charge on any atom is 0.130 e. The van der Waals surface area contributed by atoms with Crippen LogP contribution in [0.15, 0.2) is 82.8 Å². The molecule has 1 N–H and O–H groups in total. The molecule has 0 amide bonds. The van der Waals surface area contributed by atoms with Gasteiger partial charge >= 0.3 is 0 Å². The SMILES string of the molecule is C=C/C(=C\C=C/C)CNC(=NC)c1ccc(-c2ccccc2OC)c(C)c1N=C. The van der Waals surface area contributed by atoms with Crippen LogP contribution in [-0.4, -0.2) is 33.3 Å². The maximum absolute atomic E-state index is 5.53. The molecule has 0 radical (unpaired) electrons. The standard InChI is InChI=1S/C25H29N3O/c1-7-9-12-19(8-2)17-28-25(27-5)22-16-15-20(18(3)24(22)26-4)21-13-10-11-14-23(21)29-6/h7-16H,2,4,17H2,1,3,5-6H3,(H,27,28)/b9-7-,19-12+. The van der Waals surface area contributed by atoms with Crippen LogP contribution >= 0.6 is 0 Å². The Hall–Kier alpha value is -3.40. The van der Waals surface area contributed by atoms with Gasteiger partial charge in [0.25, 0.3) is 0 Å². The van der Waals surface area contributed by atoms with Crippen molar-refractivity contribution < 1.29 is 4.74 Å². The number of allylic oxidation sites excluding steroid dienone is 3. The number of aliphatic imine (C=N–C) groups is 2. The van der Waals surface area contributed by atoms with Crippen LogP contribution in [0, 0.1) is 6.92 Å². The largest absolute Gasteiger partial charge is 0.496 e. The number of rotatable bonds is 8. The lowest BCUT2D eigenvalue weighted by Crippen LogP contribution is -2.26. The van der Waals surface area contributed by atoms with Gasteiger partial charge in [-0.15, -0.1) is 0 Å². The van der Waals surface area contributed by atoms with Crippen LogP contribution in [0.5, 0.6) is 5.75 Å². The molecule has 0 aliphatic carbocycles. The molecule has 29 heavy (non-hydrogen) atoms. The lowest BCUT2D eigenvalue weighted by molar-refractivity contribution is 0.416. The summed E-state index contributed by atoms with van der Waals surface area (Å²) in [7, 11) is 3.45. The summed E-state index contributed by atoms with van der Waals surface area (Å²) in [4.78, 5) is 8.76. The Balaban J connectivity index is 2.44.